The lowest BCUT2D eigenvalue weighted by atomic mass is 10.1. The summed E-state index contributed by atoms with van der Waals surface area (Å²) in [7, 11) is 2.16. The predicted molar refractivity (Wildman–Crippen MR) is 72.9 cm³/mol. The number of nitrogens with zero attached hydrogens (tertiary/aromatic N) is 3. The molecule has 2 fully saturated rings. The van der Waals surface area contributed by atoms with E-state index in [9.17, 15) is 0 Å². The van der Waals surface area contributed by atoms with E-state index in [0.717, 1.165) is 42.2 Å². The first kappa shape index (κ1) is 12.4. The average molecular weight is 312 g/mol. The molecule has 2 aliphatic rings. The summed E-state index contributed by atoms with van der Waals surface area (Å²) in [5.41, 5.74) is 0. The second kappa shape index (κ2) is 5.13. The van der Waals surface area contributed by atoms with Gasteiger partial charge in [0.05, 0.1) is 0 Å². The second-order valence-electron chi connectivity index (χ2n) is 5.28. The van der Waals surface area contributed by atoms with Crippen LogP contribution in [0.3, 0.4) is 0 Å². The van der Waals surface area contributed by atoms with Crippen molar-refractivity contribution >= 4 is 15.9 Å². The van der Waals surface area contributed by atoms with Crippen LogP contribution < -0.4 is 4.74 Å². The molecule has 0 unspecified atom stereocenters. The highest BCUT2D eigenvalue weighted by atomic mass is 79.9. The highest BCUT2D eigenvalue weighted by molar-refractivity contribution is 9.10. The van der Waals surface area contributed by atoms with Gasteiger partial charge in [0.25, 0.3) is 0 Å². The maximum absolute atomic E-state index is 6.00. The van der Waals surface area contributed by atoms with Crippen LogP contribution in [0, 0.1) is 0 Å². The molecule has 4 nitrogen and oxygen atoms in total. The predicted octanol–water partition coefficient (Wildman–Crippen LogP) is 2.59. The van der Waals surface area contributed by atoms with E-state index in [2.05, 4.69) is 37.8 Å². The van der Waals surface area contributed by atoms with Gasteiger partial charge in [-0.1, -0.05) is 0 Å². The summed E-state index contributed by atoms with van der Waals surface area (Å²) in [6.07, 6.45) is 4.89. The molecule has 1 saturated carbocycles. The number of aromatic nitrogens is 2. The molecule has 3 rings (SSSR count). The zero-order valence-electron chi connectivity index (χ0n) is 10.6. The zero-order chi connectivity index (χ0) is 12.5. The summed E-state index contributed by atoms with van der Waals surface area (Å²) in [6.45, 7) is 2.21. The van der Waals surface area contributed by atoms with Crippen molar-refractivity contribution in [2.75, 3.05) is 20.1 Å². The van der Waals surface area contributed by atoms with Crippen molar-refractivity contribution < 1.29 is 4.74 Å². The molecule has 1 aliphatic carbocycles. The Bertz CT molecular complexity index is 428. The first-order valence-corrected chi connectivity index (χ1v) is 7.39. The minimum absolute atomic E-state index is 0.301. The van der Waals surface area contributed by atoms with E-state index in [1.807, 2.05) is 6.07 Å². The lowest BCUT2D eigenvalue weighted by Crippen LogP contribution is -2.35. The van der Waals surface area contributed by atoms with Gasteiger partial charge in [-0.3, -0.25) is 0 Å². The molecule has 1 aromatic rings. The van der Waals surface area contributed by atoms with E-state index in [1.54, 1.807) is 0 Å². The molecule has 1 saturated heterocycles. The van der Waals surface area contributed by atoms with Crippen LogP contribution in [0.2, 0.25) is 0 Å². The third-order valence-corrected chi connectivity index (χ3v) is 3.99. The van der Waals surface area contributed by atoms with Gasteiger partial charge in [0.2, 0.25) is 5.88 Å². The van der Waals surface area contributed by atoms with Crippen molar-refractivity contribution in [3.8, 4) is 5.88 Å². The summed E-state index contributed by atoms with van der Waals surface area (Å²) in [5, 5.41) is 0. The largest absolute Gasteiger partial charge is 0.474 e. The fourth-order valence-corrected chi connectivity index (χ4v) is 2.65. The molecule has 0 atom stereocenters. The van der Waals surface area contributed by atoms with Crippen LogP contribution in [-0.4, -0.2) is 41.1 Å². The summed E-state index contributed by atoms with van der Waals surface area (Å²) in [4.78, 5) is 11.3. The lowest BCUT2D eigenvalue weighted by Gasteiger charge is -2.29. The number of ether oxygens (including phenoxy) is 1. The Labute approximate surface area is 116 Å². The summed E-state index contributed by atoms with van der Waals surface area (Å²) in [6, 6.07) is 1.88. The smallest absolute Gasteiger partial charge is 0.218 e. The Morgan fingerprint density at radius 1 is 1.22 bits per heavy atom. The highest BCUT2D eigenvalue weighted by Crippen LogP contribution is 2.39. The summed E-state index contributed by atoms with van der Waals surface area (Å²) in [5.74, 6) is 2.22. The molecule has 0 radical (unpaired) electrons. The molecular weight excluding hydrogens is 294 g/mol. The maximum Gasteiger partial charge on any atom is 0.218 e. The van der Waals surface area contributed by atoms with Crippen molar-refractivity contribution in [1.82, 2.24) is 14.9 Å². The van der Waals surface area contributed by atoms with E-state index in [0.29, 0.717) is 12.0 Å². The normalized spacial score (nSPS) is 22.1. The average Bonchev–Trinajstić information content (AvgIpc) is 3.15. The summed E-state index contributed by atoms with van der Waals surface area (Å²) >= 11 is 3.44. The lowest BCUT2D eigenvalue weighted by molar-refractivity contribution is 0.109. The van der Waals surface area contributed by atoms with Gasteiger partial charge in [-0.2, -0.15) is 4.98 Å². The fourth-order valence-electron chi connectivity index (χ4n) is 2.27. The van der Waals surface area contributed by atoms with Gasteiger partial charge in [-0.05, 0) is 48.7 Å². The standard InChI is InChI=1S/C13H18BrN3O/c1-17-6-4-10(5-7-17)18-12-8-11(14)15-13(16-12)9-2-3-9/h8-10H,2-7H2,1H3. The number of piperidine rings is 1. The van der Waals surface area contributed by atoms with Gasteiger partial charge in [-0.15, -0.1) is 0 Å². The number of halogens is 1. The number of hydrogen-bond donors (Lipinski definition) is 0. The van der Waals surface area contributed by atoms with E-state index in [4.69, 9.17) is 4.74 Å². The van der Waals surface area contributed by atoms with E-state index in [1.165, 1.54) is 12.8 Å². The molecule has 1 aromatic heterocycles. The Hall–Kier alpha value is -0.680. The monoisotopic (exact) mass is 311 g/mol. The van der Waals surface area contributed by atoms with Crippen LogP contribution >= 0.6 is 15.9 Å². The highest BCUT2D eigenvalue weighted by Gasteiger charge is 2.28. The Balaban J connectivity index is 1.68. The van der Waals surface area contributed by atoms with E-state index >= 15 is 0 Å². The molecular formula is C13H18BrN3O. The van der Waals surface area contributed by atoms with Gasteiger partial charge < -0.3 is 9.64 Å². The van der Waals surface area contributed by atoms with Crippen LogP contribution in [0.25, 0.3) is 0 Å². The number of hydrogen-bond acceptors (Lipinski definition) is 4. The summed E-state index contributed by atoms with van der Waals surface area (Å²) < 4.78 is 6.83. The van der Waals surface area contributed by atoms with Crippen LogP contribution in [0.5, 0.6) is 5.88 Å². The van der Waals surface area contributed by atoms with Gasteiger partial charge in [0, 0.05) is 25.1 Å². The molecule has 0 N–H and O–H groups in total. The van der Waals surface area contributed by atoms with Crippen molar-refractivity contribution in [2.24, 2.45) is 0 Å². The molecule has 18 heavy (non-hydrogen) atoms. The molecule has 0 spiro atoms. The van der Waals surface area contributed by atoms with Crippen LogP contribution in [0.15, 0.2) is 10.7 Å². The third-order valence-electron chi connectivity index (χ3n) is 3.58. The Kier molecular flexibility index (Phi) is 3.52. The Morgan fingerprint density at radius 3 is 2.61 bits per heavy atom. The van der Waals surface area contributed by atoms with Crippen LogP contribution in [0.1, 0.15) is 37.4 Å². The minimum atomic E-state index is 0.301. The number of rotatable bonds is 3. The first-order chi connectivity index (χ1) is 8.70. The van der Waals surface area contributed by atoms with Crippen LogP contribution in [0.4, 0.5) is 0 Å². The van der Waals surface area contributed by atoms with Crippen molar-refractivity contribution in [2.45, 2.75) is 37.7 Å². The molecule has 0 aromatic carbocycles. The van der Waals surface area contributed by atoms with Crippen molar-refractivity contribution in [3.63, 3.8) is 0 Å². The fraction of sp³-hybridized carbons (Fsp3) is 0.692. The van der Waals surface area contributed by atoms with Gasteiger partial charge in [-0.25, -0.2) is 4.98 Å². The topological polar surface area (TPSA) is 38.2 Å². The van der Waals surface area contributed by atoms with Crippen molar-refractivity contribution in [1.29, 1.82) is 0 Å². The number of likely N-dealkylation sites (tertiary alicyclic amines) is 1. The van der Waals surface area contributed by atoms with Crippen molar-refractivity contribution in [3.05, 3.63) is 16.5 Å². The molecule has 98 valence electrons. The zero-order valence-corrected chi connectivity index (χ0v) is 12.2. The molecule has 5 heteroatoms. The van der Waals surface area contributed by atoms with E-state index in [-0.39, 0.29) is 0 Å². The molecule has 1 aliphatic heterocycles. The second-order valence-corrected chi connectivity index (χ2v) is 6.09. The Morgan fingerprint density at radius 2 is 1.94 bits per heavy atom. The molecule has 0 bridgehead atoms. The van der Waals surface area contributed by atoms with Gasteiger partial charge in [0.1, 0.15) is 16.5 Å². The van der Waals surface area contributed by atoms with Crippen LogP contribution in [-0.2, 0) is 0 Å². The molecule has 0 amide bonds. The third kappa shape index (κ3) is 3.01. The molecule has 2 heterocycles. The van der Waals surface area contributed by atoms with Gasteiger partial charge >= 0.3 is 0 Å². The first-order valence-electron chi connectivity index (χ1n) is 6.60. The minimum Gasteiger partial charge on any atom is -0.474 e. The van der Waals surface area contributed by atoms with E-state index < -0.39 is 0 Å². The quantitative estimate of drug-likeness (QED) is 0.804. The SMILES string of the molecule is CN1CCC(Oc2cc(Br)nc(C3CC3)n2)CC1. The van der Waals surface area contributed by atoms with Gasteiger partial charge in [0.15, 0.2) is 0 Å². The maximum atomic E-state index is 6.00.